The minimum Gasteiger partial charge on any atom is -0.357 e. The molecule has 1 aromatic heterocycles. The number of allylic oxidation sites excluding steroid dienone is 1. The molecule has 0 saturated carbocycles. The third-order valence-corrected chi connectivity index (χ3v) is 2.01. The molecule has 14 heavy (non-hydrogen) atoms. The van der Waals surface area contributed by atoms with Gasteiger partial charge in [-0.25, -0.2) is 0 Å². The average Bonchev–Trinajstić information content (AvgIpc) is 2.72. The lowest BCUT2D eigenvalue weighted by Gasteiger charge is -1.95. The summed E-state index contributed by atoms with van der Waals surface area (Å²) in [6.45, 7) is 2.01. The zero-order valence-corrected chi connectivity index (χ0v) is 7.97. The Morgan fingerprint density at radius 1 is 1.21 bits per heavy atom. The summed E-state index contributed by atoms with van der Waals surface area (Å²) in [7, 11) is 0. The number of aromatic nitrogens is 1. The van der Waals surface area contributed by atoms with Gasteiger partial charge in [-0.3, -0.25) is 0 Å². The van der Waals surface area contributed by atoms with E-state index in [0.29, 0.717) is 0 Å². The van der Waals surface area contributed by atoms with E-state index in [9.17, 15) is 0 Å². The first-order valence-corrected chi connectivity index (χ1v) is 4.50. The van der Waals surface area contributed by atoms with E-state index in [1.807, 2.05) is 31.2 Å². The molecule has 2 rings (SSSR count). The van der Waals surface area contributed by atoms with Gasteiger partial charge in [-0.15, -0.1) is 0 Å². The molecule has 2 nitrogen and oxygen atoms in total. The van der Waals surface area contributed by atoms with Gasteiger partial charge in [-0.2, -0.15) is 0 Å². The van der Waals surface area contributed by atoms with E-state index in [1.54, 1.807) is 6.20 Å². The minimum atomic E-state index is 0.814. The molecule has 0 aliphatic rings. The normalized spacial score (nSPS) is 11.6. The summed E-state index contributed by atoms with van der Waals surface area (Å²) in [6, 6.07) is 12.0. The molecule has 0 saturated heterocycles. The van der Waals surface area contributed by atoms with Crippen LogP contribution >= 0.6 is 0 Å². The Bertz CT molecular complexity index is 415. The molecular weight excluding hydrogens is 174 g/mol. The van der Waals surface area contributed by atoms with Crippen molar-refractivity contribution in [1.29, 1.82) is 0 Å². The topological polar surface area (TPSA) is 26.0 Å². The Morgan fingerprint density at radius 2 is 2.00 bits per heavy atom. The van der Waals surface area contributed by atoms with E-state index in [0.717, 1.165) is 11.3 Å². The Kier molecular flexibility index (Phi) is 2.45. The van der Waals surface area contributed by atoms with Gasteiger partial charge in [0.2, 0.25) is 0 Å². The van der Waals surface area contributed by atoms with E-state index in [4.69, 9.17) is 4.52 Å². The van der Waals surface area contributed by atoms with E-state index < -0.39 is 0 Å². The Hall–Kier alpha value is -1.83. The molecule has 0 fully saturated rings. The van der Waals surface area contributed by atoms with Crippen LogP contribution in [0.2, 0.25) is 0 Å². The second-order valence-electron chi connectivity index (χ2n) is 3.11. The standard InChI is InChI=1S/C12H11NO/c1-10(12-7-8-13-14-12)9-11-5-3-2-4-6-11/h2-9H,1H3/b10-9+. The van der Waals surface area contributed by atoms with Crippen molar-refractivity contribution >= 4 is 11.6 Å². The first-order chi connectivity index (χ1) is 6.86. The van der Waals surface area contributed by atoms with Crippen LogP contribution in [0.1, 0.15) is 18.2 Å². The number of rotatable bonds is 2. The van der Waals surface area contributed by atoms with Crippen molar-refractivity contribution < 1.29 is 4.52 Å². The van der Waals surface area contributed by atoms with Crippen LogP contribution in [0.5, 0.6) is 0 Å². The number of benzene rings is 1. The van der Waals surface area contributed by atoms with Crippen molar-refractivity contribution in [3.05, 3.63) is 53.9 Å². The summed E-state index contributed by atoms with van der Waals surface area (Å²) in [5.74, 6) is 0.814. The van der Waals surface area contributed by atoms with Gasteiger partial charge in [0.15, 0.2) is 5.76 Å². The summed E-state index contributed by atoms with van der Waals surface area (Å²) in [5, 5.41) is 3.67. The second kappa shape index (κ2) is 3.92. The molecule has 2 heteroatoms. The fourth-order valence-corrected chi connectivity index (χ4v) is 1.29. The highest BCUT2D eigenvalue weighted by Gasteiger charge is 1.98. The van der Waals surface area contributed by atoms with Gasteiger partial charge in [0.25, 0.3) is 0 Å². The molecule has 70 valence electrons. The molecule has 1 aromatic carbocycles. The van der Waals surface area contributed by atoms with Crippen molar-refractivity contribution in [1.82, 2.24) is 5.16 Å². The molecule has 0 aliphatic heterocycles. The molecule has 0 unspecified atom stereocenters. The summed E-state index contributed by atoms with van der Waals surface area (Å²) in [6.07, 6.45) is 3.72. The van der Waals surface area contributed by atoms with Crippen LogP contribution in [-0.4, -0.2) is 5.16 Å². The largest absolute Gasteiger partial charge is 0.357 e. The molecule has 0 spiro atoms. The monoisotopic (exact) mass is 185 g/mol. The lowest BCUT2D eigenvalue weighted by Crippen LogP contribution is -1.75. The number of nitrogens with zero attached hydrogens (tertiary/aromatic N) is 1. The SMILES string of the molecule is C/C(=C\c1ccccc1)c1ccno1. The zero-order valence-electron chi connectivity index (χ0n) is 7.97. The van der Waals surface area contributed by atoms with E-state index >= 15 is 0 Å². The summed E-state index contributed by atoms with van der Waals surface area (Å²) in [5.41, 5.74) is 2.25. The minimum absolute atomic E-state index is 0.814. The Labute approximate surface area is 82.9 Å². The molecule has 1 heterocycles. The van der Waals surface area contributed by atoms with Crippen LogP contribution in [0.3, 0.4) is 0 Å². The third kappa shape index (κ3) is 1.91. The van der Waals surface area contributed by atoms with Crippen molar-refractivity contribution in [3.8, 4) is 0 Å². The maximum absolute atomic E-state index is 5.05. The zero-order chi connectivity index (χ0) is 9.80. The highest BCUT2D eigenvalue weighted by Crippen LogP contribution is 2.16. The molecule has 2 aromatic rings. The van der Waals surface area contributed by atoms with Gasteiger partial charge in [0.1, 0.15) is 0 Å². The Balaban J connectivity index is 2.28. The smallest absolute Gasteiger partial charge is 0.162 e. The van der Waals surface area contributed by atoms with Gasteiger partial charge < -0.3 is 4.52 Å². The first-order valence-electron chi connectivity index (χ1n) is 4.50. The lowest BCUT2D eigenvalue weighted by atomic mass is 10.1. The molecule has 0 atom stereocenters. The second-order valence-corrected chi connectivity index (χ2v) is 3.11. The van der Waals surface area contributed by atoms with Crippen LogP contribution in [-0.2, 0) is 0 Å². The van der Waals surface area contributed by atoms with Gasteiger partial charge in [0.05, 0.1) is 6.20 Å². The fraction of sp³-hybridized carbons (Fsp3) is 0.0833. The summed E-state index contributed by atoms with van der Waals surface area (Å²) in [4.78, 5) is 0. The van der Waals surface area contributed by atoms with E-state index in [2.05, 4.69) is 23.4 Å². The predicted molar refractivity (Wildman–Crippen MR) is 56.5 cm³/mol. The molecular formula is C12H11NO. The third-order valence-electron chi connectivity index (χ3n) is 2.01. The van der Waals surface area contributed by atoms with Crippen molar-refractivity contribution in [2.24, 2.45) is 0 Å². The highest BCUT2D eigenvalue weighted by molar-refractivity contribution is 5.77. The molecule has 0 aliphatic carbocycles. The van der Waals surface area contributed by atoms with Crippen LogP contribution in [0, 0.1) is 0 Å². The van der Waals surface area contributed by atoms with Gasteiger partial charge in [-0.05, 0) is 24.1 Å². The van der Waals surface area contributed by atoms with Crippen molar-refractivity contribution in [2.75, 3.05) is 0 Å². The molecule has 0 bridgehead atoms. The first kappa shape index (κ1) is 8.75. The molecule has 0 N–H and O–H groups in total. The van der Waals surface area contributed by atoms with Gasteiger partial charge >= 0.3 is 0 Å². The lowest BCUT2D eigenvalue weighted by molar-refractivity contribution is 0.410. The van der Waals surface area contributed by atoms with Crippen LogP contribution < -0.4 is 0 Å². The number of hydrogen-bond acceptors (Lipinski definition) is 2. The van der Waals surface area contributed by atoms with E-state index in [1.165, 1.54) is 5.56 Å². The Morgan fingerprint density at radius 3 is 2.64 bits per heavy atom. The maximum atomic E-state index is 5.05. The van der Waals surface area contributed by atoms with Crippen molar-refractivity contribution in [2.45, 2.75) is 6.92 Å². The van der Waals surface area contributed by atoms with Gasteiger partial charge in [-0.1, -0.05) is 35.5 Å². The number of hydrogen-bond donors (Lipinski definition) is 0. The predicted octanol–water partition coefficient (Wildman–Crippen LogP) is 3.24. The quantitative estimate of drug-likeness (QED) is 0.717. The van der Waals surface area contributed by atoms with Gasteiger partial charge in [0, 0.05) is 6.07 Å². The highest BCUT2D eigenvalue weighted by atomic mass is 16.5. The maximum Gasteiger partial charge on any atom is 0.162 e. The molecule has 0 radical (unpaired) electrons. The van der Waals surface area contributed by atoms with Crippen LogP contribution in [0.25, 0.3) is 11.6 Å². The summed E-state index contributed by atoms with van der Waals surface area (Å²) >= 11 is 0. The van der Waals surface area contributed by atoms with Crippen molar-refractivity contribution in [3.63, 3.8) is 0 Å². The fourth-order valence-electron chi connectivity index (χ4n) is 1.29. The summed E-state index contributed by atoms with van der Waals surface area (Å²) < 4.78 is 5.05. The van der Waals surface area contributed by atoms with E-state index in [-0.39, 0.29) is 0 Å². The average molecular weight is 185 g/mol. The molecule has 0 amide bonds. The van der Waals surface area contributed by atoms with Crippen LogP contribution in [0.4, 0.5) is 0 Å². The van der Waals surface area contributed by atoms with Crippen LogP contribution in [0.15, 0.2) is 47.1 Å².